The maximum atomic E-state index is 12.9. The van der Waals surface area contributed by atoms with Gasteiger partial charge in [-0.2, -0.15) is 0 Å². The average molecular weight is 1120 g/mol. The van der Waals surface area contributed by atoms with E-state index in [1.807, 2.05) is 0 Å². The summed E-state index contributed by atoms with van der Waals surface area (Å²) in [5, 5.41) is 0. The van der Waals surface area contributed by atoms with Crippen molar-refractivity contribution in [3.8, 4) is 0 Å². The molecule has 0 aliphatic carbocycles. The second-order valence-electron chi connectivity index (χ2n) is 21.3. The Balaban J connectivity index is 4.31. The highest BCUT2D eigenvalue weighted by Crippen LogP contribution is 2.15. The van der Waals surface area contributed by atoms with Crippen LogP contribution in [0.4, 0.5) is 0 Å². The molecule has 0 aromatic heterocycles. The van der Waals surface area contributed by atoms with E-state index in [4.69, 9.17) is 14.2 Å². The van der Waals surface area contributed by atoms with Crippen molar-refractivity contribution in [1.82, 2.24) is 0 Å². The van der Waals surface area contributed by atoms with Crippen molar-refractivity contribution in [2.75, 3.05) is 13.2 Å². The first-order valence-corrected chi connectivity index (χ1v) is 33.0. The molecular formula is C75H120O6. The smallest absolute Gasteiger partial charge is 0.306 e. The number of hydrogen-bond donors (Lipinski definition) is 0. The molecule has 1 unspecified atom stereocenters. The van der Waals surface area contributed by atoms with Crippen LogP contribution in [0.25, 0.3) is 0 Å². The van der Waals surface area contributed by atoms with Crippen LogP contribution >= 0.6 is 0 Å². The molecule has 456 valence electrons. The van der Waals surface area contributed by atoms with Gasteiger partial charge in [0, 0.05) is 19.3 Å². The lowest BCUT2D eigenvalue weighted by molar-refractivity contribution is -0.167. The number of allylic oxidation sites excluding steroid dienone is 26. The lowest BCUT2D eigenvalue weighted by Crippen LogP contribution is -2.30. The van der Waals surface area contributed by atoms with Gasteiger partial charge >= 0.3 is 17.9 Å². The van der Waals surface area contributed by atoms with E-state index in [1.54, 1.807) is 0 Å². The Hall–Kier alpha value is -4.97. The van der Waals surface area contributed by atoms with Crippen LogP contribution in [0, 0.1) is 0 Å². The highest BCUT2D eigenvalue weighted by molar-refractivity contribution is 5.71. The highest BCUT2D eigenvalue weighted by Gasteiger charge is 2.19. The van der Waals surface area contributed by atoms with Crippen LogP contribution < -0.4 is 0 Å². The van der Waals surface area contributed by atoms with Crippen LogP contribution in [-0.4, -0.2) is 37.2 Å². The summed E-state index contributed by atoms with van der Waals surface area (Å²) in [6, 6.07) is 0. The third-order valence-electron chi connectivity index (χ3n) is 13.5. The zero-order valence-electron chi connectivity index (χ0n) is 52.2. The largest absolute Gasteiger partial charge is 0.462 e. The van der Waals surface area contributed by atoms with Gasteiger partial charge in [-0.3, -0.25) is 14.4 Å². The zero-order valence-corrected chi connectivity index (χ0v) is 52.2. The number of ether oxygens (including phenoxy) is 3. The molecule has 0 saturated heterocycles. The SMILES string of the molecule is CC/C=C\C/C=C\C/C=C\C/C=C\C/C=C\C/C=C\C/C=C\C/C=C\C/C=C\C/C=C\CCCCCCC(=O)OCC(COC(=O)CCCCCCCCCCCCC)OC(=O)CCCCCCCCC/C=C\C/C=C\C/C=C\CC. The van der Waals surface area contributed by atoms with E-state index >= 15 is 0 Å². The molecule has 0 rings (SSSR count). The van der Waals surface area contributed by atoms with Gasteiger partial charge in [0.15, 0.2) is 6.10 Å². The molecule has 0 aliphatic rings. The molecule has 0 amide bonds. The summed E-state index contributed by atoms with van der Waals surface area (Å²) in [5.41, 5.74) is 0. The van der Waals surface area contributed by atoms with Gasteiger partial charge < -0.3 is 14.2 Å². The molecule has 0 aromatic rings. The van der Waals surface area contributed by atoms with Gasteiger partial charge in [-0.1, -0.05) is 288 Å². The molecular weight excluding hydrogens is 997 g/mol. The number of carbonyl (C=O) groups excluding carboxylic acids is 3. The summed E-state index contributed by atoms with van der Waals surface area (Å²) in [6.07, 6.45) is 98.3. The van der Waals surface area contributed by atoms with Crippen molar-refractivity contribution < 1.29 is 28.6 Å². The maximum Gasteiger partial charge on any atom is 0.306 e. The van der Waals surface area contributed by atoms with Gasteiger partial charge in [-0.05, 0) is 128 Å². The predicted octanol–water partition coefficient (Wildman–Crippen LogP) is 22.9. The van der Waals surface area contributed by atoms with E-state index < -0.39 is 6.10 Å². The summed E-state index contributed by atoms with van der Waals surface area (Å²) in [5.74, 6) is -0.931. The van der Waals surface area contributed by atoms with Crippen LogP contribution in [-0.2, 0) is 28.6 Å². The fraction of sp³-hybridized carbons (Fsp3) is 0.613. The van der Waals surface area contributed by atoms with Crippen LogP contribution in [0.15, 0.2) is 158 Å². The van der Waals surface area contributed by atoms with Gasteiger partial charge in [0.1, 0.15) is 13.2 Å². The predicted molar refractivity (Wildman–Crippen MR) is 352 cm³/mol. The zero-order chi connectivity index (χ0) is 58.5. The molecule has 0 aliphatic heterocycles. The van der Waals surface area contributed by atoms with Crippen LogP contribution in [0.2, 0.25) is 0 Å². The number of carbonyl (C=O) groups is 3. The molecule has 0 radical (unpaired) electrons. The fourth-order valence-electron chi connectivity index (χ4n) is 8.66. The lowest BCUT2D eigenvalue weighted by atomic mass is 10.1. The van der Waals surface area contributed by atoms with E-state index in [-0.39, 0.29) is 31.1 Å². The average Bonchev–Trinajstić information content (AvgIpc) is 3.47. The van der Waals surface area contributed by atoms with Crippen molar-refractivity contribution in [1.29, 1.82) is 0 Å². The summed E-state index contributed by atoms with van der Waals surface area (Å²) < 4.78 is 16.9. The number of esters is 3. The first-order chi connectivity index (χ1) is 40.0. The topological polar surface area (TPSA) is 78.9 Å². The summed E-state index contributed by atoms with van der Waals surface area (Å²) >= 11 is 0. The standard InChI is InChI=1S/C75H120O6/c1-4-7-10-13-16-19-22-24-26-28-29-30-31-32-33-34-35-36-37-38-39-40-41-42-43-44-45-47-48-50-53-56-59-62-65-68-74(77)80-71-72(70-79-73(76)67-64-61-58-55-52-21-18-15-12-9-6-3)81-75(78)69-66-63-60-57-54-51-49-46-27-25-23-20-17-14-11-8-5-2/h7-8,10-11,16-17,19-20,24-27,29-30,32-33,35-36,38-39,41-42,44-45,48,50,72H,4-6,9,12-15,18,21-23,28,31,34,37,40,43,46-47,49,51-71H2,1-3H3/b10-7-,11-8-,19-16-,20-17-,26-24-,27-25-,30-29-,33-32-,36-35-,39-38-,42-41-,45-44-,50-48-. The van der Waals surface area contributed by atoms with Gasteiger partial charge in [-0.25, -0.2) is 0 Å². The quantitative estimate of drug-likeness (QED) is 0.0261. The molecule has 81 heavy (non-hydrogen) atoms. The summed E-state index contributed by atoms with van der Waals surface area (Å²) in [6.45, 7) is 6.38. The second kappa shape index (κ2) is 67.5. The van der Waals surface area contributed by atoms with Crippen LogP contribution in [0.1, 0.15) is 278 Å². The first kappa shape index (κ1) is 76.0. The lowest BCUT2D eigenvalue weighted by Gasteiger charge is -2.18. The molecule has 1 atom stereocenters. The van der Waals surface area contributed by atoms with E-state index in [1.165, 1.54) is 77.0 Å². The minimum absolute atomic E-state index is 0.0933. The van der Waals surface area contributed by atoms with E-state index in [0.29, 0.717) is 19.3 Å². The second-order valence-corrected chi connectivity index (χ2v) is 21.3. The van der Waals surface area contributed by atoms with Crippen molar-refractivity contribution in [3.63, 3.8) is 0 Å². The number of hydrogen-bond acceptors (Lipinski definition) is 6. The molecule has 0 spiro atoms. The van der Waals surface area contributed by atoms with Gasteiger partial charge in [0.05, 0.1) is 0 Å². The number of unbranched alkanes of at least 4 members (excludes halogenated alkanes) is 21. The Bertz CT molecular complexity index is 1810. The van der Waals surface area contributed by atoms with Crippen molar-refractivity contribution >= 4 is 17.9 Å². The molecule has 0 bridgehead atoms. The van der Waals surface area contributed by atoms with E-state index in [9.17, 15) is 14.4 Å². The Kier molecular flexibility index (Phi) is 63.4. The minimum atomic E-state index is -0.799. The third kappa shape index (κ3) is 65.7. The van der Waals surface area contributed by atoms with E-state index in [0.717, 1.165) is 161 Å². The van der Waals surface area contributed by atoms with Gasteiger partial charge in [0.2, 0.25) is 0 Å². The molecule has 0 heterocycles. The molecule has 6 heteroatoms. The summed E-state index contributed by atoms with van der Waals surface area (Å²) in [7, 11) is 0. The van der Waals surface area contributed by atoms with Crippen LogP contribution in [0.5, 0.6) is 0 Å². The number of rotatable bonds is 58. The van der Waals surface area contributed by atoms with Crippen molar-refractivity contribution in [2.45, 2.75) is 284 Å². The minimum Gasteiger partial charge on any atom is -0.462 e. The monoisotopic (exact) mass is 1120 g/mol. The Morgan fingerprint density at radius 3 is 0.753 bits per heavy atom. The third-order valence-corrected chi connectivity index (χ3v) is 13.5. The van der Waals surface area contributed by atoms with Crippen LogP contribution in [0.3, 0.4) is 0 Å². The molecule has 0 N–H and O–H groups in total. The Labute approximate surface area is 499 Å². The van der Waals surface area contributed by atoms with Gasteiger partial charge in [-0.15, -0.1) is 0 Å². The molecule has 0 saturated carbocycles. The molecule has 0 fully saturated rings. The van der Waals surface area contributed by atoms with Crippen molar-refractivity contribution in [3.05, 3.63) is 158 Å². The molecule has 6 nitrogen and oxygen atoms in total. The van der Waals surface area contributed by atoms with Crippen molar-refractivity contribution in [2.24, 2.45) is 0 Å². The fourth-order valence-corrected chi connectivity index (χ4v) is 8.66. The molecule has 0 aromatic carbocycles. The van der Waals surface area contributed by atoms with E-state index in [2.05, 4.69) is 179 Å². The normalized spacial score (nSPS) is 13.2. The maximum absolute atomic E-state index is 12.9. The Morgan fingerprint density at radius 2 is 0.481 bits per heavy atom. The highest BCUT2D eigenvalue weighted by atomic mass is 16.6. The van der Waals surface area contributed by atoms with Gasteiger partial charge in [0.25, 0.3) is 0 Å². The summed E-state index contributed by atoms with van der Waals surface area (Å²) in [4.78, 5) is 38.2. The first-order valence-electron chi connectivity index (χ1n) is 33.0. The Morgan fingerprint density at radius 1 is 0.259 bits per heavy atom.